The molecular formula is C15H13Cl2N3. The monoisotopic (exact) mass is 305 g/mol. The van der Waals surface area contributed by atoms with E-state index in [1.165, 1.54) is 0 Å². The zero-order chi connectivity index (χ0) is 14.1. The molecule has 0 fully saturated rings. The van der Waals surface area contributed by atoms with Crippen molar-refractivity contribution in [1.82, 2.24) is 0 Å². The molecule has 5 heteroatoms. The summed E-state index contributed by atoms with van der Waals surface area (Å²) in [5, 5.41) is 1.41. The van der Waals surface area contributed by atoms with Crippen LogP contribution in [0.15, 0.2) is 53.5 Å². The molecule has 1 heterocycles. The highest BCUT2D eigenvalue weighted by atomic mass is 35.5. The molecule has 0 aliphatic carbocycles. The van der Waals surface area contributed by atoms with E-state index in [1.807, 2.05) is 53.4 Å². The van der Waals surface area contributed by atoms with Crippen LogP contribution in [0.5, 0.6) is 0 Å². The van der Waals surface area contributed by atoms with Gasteiger partial charge in [-0.1, -0.05) is 35.3 Å². The van der Waals surface area contributed by atoms with Gasteiger partial charge in [0.15, 0.2) is 5.96 Å². The molecule has 0 radical (unpaired) electrons. The molecule has 102 valence electrons. The molecule has 0 aromatic heterocycles. The van der Waals surface area contributed by atoms with Gasteiger partial charge in [0, 0.05) is 15.7 Å². The number of anilines is 1. The molecule has 1 aliphatic rings. The van der Waals surface area contributed by atoms with Gasteiger partial charge in [-0.05, 0) is 42.0 Å². The molecule has 1 unspecified atom stereocenters. The average molecular weight is 306 g/mol. The van der Waals surface area contributed by atoms with Gasteiger partial charge in [-0.25, -0.2) is 0 Å². The molecule has 0 amide bonds. The van der Waals surface area contributed by atoms with Crippen LogP contribution in [0.25, 0.3) is 0 Å². The highest BCUT2D eigenvalue weighted by Gasteiger charge is 2.28. The Hall–Kier alpha value is -1.71. The van der Waals surface area contributed by atoms with Crippen molar-refractivity contribution < 1.29 is 0 Å². The minimum atomic E-state index is 0.0647. The molecule has 2 N–H and O–H groups in total. The van der Waals surface area contributed by atoms with E-state index in [2.05, 4.69) is 4.99 Å². The maximum absolute atomic E-state index is 6.07. The Morgan fingerprint density at radius 2 is 1.80 bits per heavy atom. The lowest BCUT2D eigenvalue weighted by Crippen LogP contribution is -2.36. The Labute approximate surface area is 127 Å². The lowest BCUT2D eigenvalue weighted by Gasteiger charge is -2.26. The Kier molecular flexibility index (Phi) is 3.55. The topological polar surface area (TPSA) is 41.6 Å². The molecule has 2 aromatic carbocycles. The standard InChI is InChI=1S/C15H13Cl2N3/c16-11-4-6-13(7-5-11)20-14(9-19-15(20)18)10-2-1-3-12(17)8-10/h1-8,14H,9H2,(H2,18,19). The number of guanidine groups is 1. The van der Waals surface area contributed by atoms with Gasteiger partial charge in [-0.2, -0.15) is 0 Å². The molecule has 1 atom stereocenters. The molecule has 3 rings (SSSR count). The van der Waals surface area contributed by atoms with Gasteiger partial charge < -0.3 is 10.6 Å². The van der Waals surface area contributed by atoms with Gasteiger partial charge in [0.1, 0.15) is 0 Å². The summed E-state index contributed by atoms with van der Waals surface area (Å²) >= 11 is 12.0. The number of halogens is 2. The van der Waals surface area contributed by atoms with Gasteiger partial charge in [-0.15, -0.1) is 0 Å². The first-order valence-electron chi connectivity index (χ1n) is 6.25. The molecule has 3 nitrogen and oxygen atoms in total. The normalized spacial score (nSPS) is 18.2. The van der Waals surface area contributed by atoms with Crippen LogP contribution in [0.1, 0.15) is 11.6 Å². The molecular weight excluding hydrogens is 293 g/mol. The van der Waals surface area contributed by atoms with E-state index in [1.54, 1.807) is 0 Å². The van der Waals surface area contributed by atoms with Gasteiger partial charge in [0.05, 0.1) is 12.6 Å². The maximum Gasteiger partial charge on any atom is 0.196 e. The summed E-state index contributed by atoms with van der Waals surface area (Å²) in [5.41, 5.74) is 8.09. The summed E-state index contributed by atoms with van der Waals surface area (Å²) in [7, 11) is 0. The Morgan fingerprint density at radius 1 is 1.05 bits per heavy atom. The maximum atomic E-state index is 6.07. The van der Waals surface area contributed by atoms with Crippen LogP contribution in [-0.4, -0.2) is 12.5 Å². The lowest BCUT2D eigenvalue weighted by molar-refractivity contribution is 0.769. The number of rotatable bonds is 2. The van der Waals surface area contributed by atoms with Crippen LogP contribution in [0.3, 0.4) is 0 Å². The van der Waals surface area contributed by atoms with Crippen LogP contribution in [0.2, 0.25) is 10.0 Å². The SMILES string of the molecule is NC1=NCC(c2cccc(Cl)c2)N1c1ccc(Cl)cc1. The Morgan fingerprint density at radius 3 is 2.50 bits per heavy atom. The summed E-state index contributed by atoms with van der Waals surface area (Å²) < 4.78 is 0. The largest absolute Gasteiger partial charge is 0.369 e. The summed E-state index contributed by atoms with van der Waals surface area (Å²) in [6, 6.07) is 15.4. The number of hydrogen-bond donors (Lipinski definition) is 1. The van der Waals surface area contributed by atoms with Crippen LogP contribution >= 0.6 is 23.2 Å². The third kappa shape index (κ3) is 2.47. The van der Waals surface area contributed by atoms with Gasteiger partial charge in [0.2, 0.25) is 0 Å². The number of nitrogens with zero attached hydrogens (tertiary/aromatic N) is 2. The zero-order valence-corrected chi connectivity index (χ0v) is 12.1. The number of benzene rings is 2. The van der Waals surface area contributed by atoms with Crippen molar-refractivity contribution in [1.29, 1.82) is 0 Å². The van der Waals surface area contributed by atoms with Crippen LogP contribution < -0.4 is 10.6 Å². The first-order valence-corrected chi connectivity index (χ1v) is 7.01. The first-order chi connectivity index (χ1) is 9.65. The van der Waals surface area contributed by atoms with Crippen LogP contribution in [0, 0.1) is 0 Å². The summed E-state index contributed by atoms with van der Waals surface area (Å²) in [5.74, 6) is 0.511. The van der Waals surface area contributed by atoms with Gasteiger partial charge >= 0.3 is 0 Å². The van der Waals surface area contributed by atoms with E-state index in [0.717, 1.165) is 11.3 Å². The molecule has 2 aromatic rings. The Balaban J connectivity index is 1.98. The highest BCUT2D eigenvalue weighted by molar-refractivity contribution is 6.31. The zero-order valence-electron chi connectivity index (χ0n) is 10.6. The molecule has 0 saturated heterocycles. The summed E-state index contributed by atoms with van der Waals surface area (Å²) in [4.78, 5) is 6.35. The van der Waals surface area contributed by atoms with Crippen molar-refractivity contribution >= 4 is 34.8 Å². The van der Waals surface area contributed by atoms with Crippen LogP contribution in [0.4, 0.5) is 5.69 Å². The van der Waals surface area contributed by atoms with Gasteiger partial charge in [-0.3, -0.25) is 4.99 Å². The second-order valence-electron chi connectivity index (χ2n) is 4.62. The predicted octanol–water partition coefficient (Wildman–Crippen LogP) is 3.87. The summed E-state index contributed by atoms with van der Waals surface area (Å²) in [6.45, 7) is 0.620. The van der Waals surface area contributed by atoms with E-state index >= 15 is 0 Å². The van der Waals surface area contributed by atoms with E-state index in [4.69, 9.17) is 28.9 Å². The highest BCUT2D eigenvalue weighted by Crippen LogP contribution is 2.32. The van der Waals surface area contributed by atoms with Crippen molar-refractivity contribution in [3.63, 3.8) is 0 Å². The molecule has 0 bridgehead atoms. The third-order valence-corrected chi connectivity index (χ3v) is 3.81. The minimum absolute atomic E-state index is 0.0647. The smallest absolute Gasteiger partial charge is 0.196 e. The number of hydrogen-bond acceptors (Lipinski definition) is 3. The molecule has 1 aliphatic heterocycles. The number of aliphatic imine (C=N–C) groups is 1. The second-order valence-corrected chi connectivity index (χ2v) is 5.49. The van der Waals surface area contributed by atoms with E-state index in [-0.39, 0.29) is 6.04 Å². The minimum Gasteiger partial charge on any atom is -0.369 e. The Bertz CT molecular complexity index is 652. The fourth-order valence-corrected chi connectivity index (χ4v) is 2.70. The van der Waals surface area contributed by atoms with Crippen molar-refractivity contribution in [2.45, 2.75) is 6.04 Å². The van der Waals surface area contributed by atoms with Crippen molar-refractivity contribution in [2.75, 3.05) is 11.4 Å². The third-order valence-electron chi connectivity index (χ3n) is 3.32. The van der Waals surface area contributed by atoms with E-state index in [0.29, 0.717) is 22.5 Å². The van der Waals surface area contributed by atoms with E-state index < -0.39 is 0 Å². The molecule has 0 spiro atoms. The average Bonchev–Trinajstić information content (AvgIpc) is 2.82. The predicted molar refractivity (Wildman–Crippen MR) is 84.6 cm³/mol. The summed E-state index contributed by atoms with van der Waals surface area (Å²) in [6.07, 6.45) is 0. The quantitative estimate of drug-likeness (QED) is 0.915. The fourth-order valence-electron chi connectivity index (χ4n) is 2.38. The van der Waals surface area contributed by atoms with E-state index in [9.17, 15) is 0 Å². The van der Waals surface area contributed by atoms with Crippen LogP contribution in [-0.2, 0) is 0 Å². The van der Waals surface area contributed by atoms with Crippen molar-refractivity contribution in [3.8, 4) is 0 Å². The van der Waals surface area contributed by atoms with Crippen molar-refractivity contribution in [2.24, 2.45) is 10.7 Å². The second kappa shape index (κ2) is 5.35. The van der Waals surface area contributed by atoms with Crippen molar-refractivity contribution in [3.05, 3.63) is 64.1 Å². The molecule has 0 saturated carbocycles. The van der Waals surface area contributed by atoms with Gasteiger partial charge in [0.25, 0.3) is 0 Å². The lowest BCUT2D eigenvalue weighted by atomic mass is 10.1. The first kappa shape index (κ1) is 13.3. The fraction of sp³-hybridized carbons (Fsp3) is 0.133. The molecule has 20 heavy (non-hydrogen) atoms. The number of nitrogens with two attached hydrogens (primary N) is 1.